The molecule has 7 nitrogen and oxygen atoms in total. The maximum absolute atomic E-state index is 12.3. The molecule has 1 aromatic heterocycles. The van der Waals surface area contributed by atoms with Crippen LogP contribution in [0.4, 0.5) is 5.82 Å². The van der Waals surface area contributed by atoms with E-state index < -0.39 is 0 Å². The Morgan fingerprint density at radius 1 is 1.15 bits per heavy atom. The van der Waals surface area contributed by atoms with Gasteiger partial charge in [0.25, 0.3) is 5.91 Å². The molecule has 0 spiro atoms. The molecule has 0 aliphatic carbocycles. The first-order valence-electron chi connectivity index (χ1n) is 9.61. The molecule has 0 radical (unpaired) electrons. The maximum Gasteiger partial charge on any atom is 0.291 e. The molecule has 1 N–H and O–H groups in total. The Hall–Kier alpha value is -1.73. The zero-order valence-electron chi connectivity index (χ0n) is 16.4. The predicted molar refractivity (Wildman–Crippen MR) is 102 cm³/mol. The molecule has 0 bridgehead atoms. The van der Waals surface area contributed by atoms with Crippen LogP contribution in [0.1, 0.15) is 47.6 Å². The number of rotatable bonds is 4. The van der Waals surface area contributed by atoms with Crippen molar-refractivity contribution in [2.75, 3.05) is 45.3 Å². The molecule has 2 aliphatic rings. The molecule has 0 saturated carbocycles. The lowest BCUT2D eigenvalue weighted by Crippen LogP contribution is -2.40. The van der Waals surface area contributed by atoms with Crippen LogP contribution < -0.4 is 10.2 Å². The Labute approximate surface area is 156 Å². The predicted octanol–water partition coefficient (Wildman–Crippen LogP) is 1.53. The zero-order chi connectivity index (χ0) is 18.7. The van der Waals surface area contributed by atoms with Gasteiger partial charge in [0.2, 0.25) is 5.82 Å². The van der Waals surface area contributed by atoms with Gasteiger partial charge < -0.3 is 19.9 Å². The first-order valence-corrected chi connectivity index (χ1v) is 9.61. The van der Waals surface area contributed by atoms with Gasteiger partial charge in [0.15, 0.2) is 0 Å². The zero-order valence-corrected chi connectivity index (χ0v) is 16.4. The van der Waals surface area contributed by atoms with E-state index >= 15 is 0 Å². The van der Waals surface area contributed by atoms with Crippen molar-refractivity contribution < 1.29 is 9.53 Å². The Morgan fingerprint density at radius 2 is 1.96 bits per heavy atom. The van der Waals surface area contributed by atoms with E-state index in [1.165, 1.54) is 11.3 Å². The van der Waals surface area contributed by atoms with Crippen molar-refractivity contribution in [1.82, 2.24) is 20.2 Å². The van der Waals surface area contributed by atoms with Gasteiger partial charge in [-0.15, -0.1) is 0 Å². The molecule has 1 unspecified atom stereocenters. The molecule has 3 rings (SSSR count). The molecular formula is C19H31N5O2. The summed E-state index contributed by atoms with van der Waals surface area (Å²) in [6.45, 7) is 7.60. The minimum absolute atomic E-state index is 0.151. The van der Waals surface area contributed by atoms with E-state index in [1.807, 2.05) is 13.8 Å². The van der Waals surface area contributed by atoms with E-state index in [9.17, 15) is 4.79 Å². The summed E-state index contributed by atoms with van der Waals surface area (Å²) in [6, 6.07) is 1.00. The molecule has 2 saturated heterocycles. The highest BCUT2D eigenvalue weighted by Gasteiger charge is 2.28. The second-order valence-electron chi connectivity index (χ2n) is 7.62. The van der Waals surface area contributed by atoms with Crippen LogP contribution in [0, 0.1) is 13.8 Å². The topological polar surface area (TPSA) is 70.6 Å². The van der Waals surface area contributed by atoms with Crippen molar-refractivity contribution in [1.29, 1.82) is 0 Å². The van der Waals surface area contributed by atoms with E-state index in [0.717, 1.165) is 62.6 Å². The van der Waals surface area contributed by atoms with Gasteiger partial charge in [0.1, 0.15) is 5.82 Å². The van der Waals surface area contributed by atoms with Gasteiger partial charge in [-0.05, 0) is 39.5 Å². The number of carbonyl (C=O) groups is 1. The number of carbonyl (C=O) groups excluding carboxylic acids is 1. The number of nitrogens with zero attached hydrogens (tertiary/aromatic N) is 4. The minimum Gasteiger partial charge on any atom is -0.381 e. The second-order valence-corrected chi connectivity index (χ2v) is 7.62. The number of nitrogens with one attached hydrogen (secondary N) is 1. The van der Waals surface area contributed by atoms with Crippen molar-refractivity contribution in [3.8, 4) is 0 Å². The van der Waals surface area contributed by atoms with E-state index in [4.69, 9.17) is 4.74 Å². The van der Waals surface area contributed by atoms with Crippen LogP contribution in [0.3, 0.4) is 0 Å². The summed E-state index contributed by atoms with van der Waals surface area (Å²) in [5.74, 6) is 1.03. The van der Waals surface area contributed by atoms with Crippen molar-refractivity contribution in [3.63, 3.8) is 0 Å². The lowest BCUT2D eigenvalue weighted by atomic mass is 10.1. The first kappa shape index (κ1) is 19.0. The average molecular weight is 361 g/mol. The average Bonchev–Trinajstić information content (AvgIpc) is 2.91. The first-order chi connectivity index (χ1) is 12.5. The van der Waals surface area contributed by atoms with Gasteiger partial charge in [0, 0.05) is 63.7 Å². The summed E-state index contributed by atoms with van der Waals surface area (Å²) in [5, 5.41) is 3.81. The van der Waals surface area contributed by atoms with Crippen LogP contribution in [0.2, 0.25) is 0 Å². The van der Waals surface area contributed by atoms with E-state index in [-0.39, 0.29) is 11.7 Å². The molecule has 1 amide bonds. The van der Waals surface area contributed by atoms with Crippen molar-refractivity contribution in [2.24, 2.45) is 0 Å². The van der Waals surface area contributed by atoms with Crippen LogP contribution in [0.5, 0.6) is 0 Å². The number of hydrogen-bond donors (Lipinski definition) is 1. The van der Waals surface area contributed by atoms with Gasteiger partial charge in [0.05, 0.1) is 0 Å². The standard InChI is InChI=1S/C19H31N5O2/c1-13-14(2)20-17(19(25)23(3)4)22-18(13)24-9-7-16(12-24)21-15-6-5-10-26-11-8-15/h15-16,21H,5-12H2,1-4H3/t15?,16-/m1/s1. The number of aryl methyl sites for hydroxylation is 1. The van der Waals surface area contributed by atoms with E-state index in [0.29, 0.717) is 12.1 Å². The quantitative estimate of drug-likeness (QED) is 0.877. The maximum atomic E-state index is 12.3. The number of hydrogen-bond acceptors (Lipinski definition) is 6. The van der Waals surface area contributed by atoms with Gasteiger partial charge in [-0.2, -0.15) is 0 Å². The molecule has 3 heterocycles. The molecule has 26 heavy (non-hydrogen) atoms. The Balaban J connectivity index is 1.70. The Morgan fingerprint density at radius 3 is 2.73 bits per heavy atom. The van der Waals surface area contributed by atoms with E-state index in [1.54, 1.807) is 14.1 Å². The minimum atomic E-state index is -0.151. The van der Waals surface area contributed by atoms with Gasteiger partial charge in [-0.25, -0.2) is 9.97 Å². The number of anilines is 1. The van der Waals surface area contributed by atoms with Gasteiger partial charge in [-0.1, -0.05) is 0 Å². The number of amides is 1. The normalized spacial score (nSPS) is 23.8. The van der Waals surface area contributed by atoms with E-state index in [2.05, 4.69) is 20.2 Å². The molecule has 2 fully saturated rings. The van der Waals surface area contributed by atoms with Gasteiger partial charge in [-0.3, -0.25) is 4.79 Å². The number of aromatic nitrogens is 2. The van der Waals surface area contributed by atoms with Crippen molar-refractivity contribution in [2.45, 2.75) is 51.6 Å². The third-order valence-electron chi connectivity index (χ3n) is 5.37. The summed E-state index contributed by atoms with van der Waals surface area (Å²) in [7, 11) is 3.46. The fourth-order valence-corrected chi connectivity index (χ4v) is 3.71. The van der Waals surface area contributed by atoms with Crippen molar-refractivity contribution in [3.05, 3.63) is 17.1 Å². The van der Waals surface area contributed by atoms with Crippen LogP contribution >= 0.6 is 0 Å². The smallest absolute Gasteiger partial charge is 0.291 e. The fraction of sp³-hybridized carbons (Fsp3) is 0.737. The van der Waals surface area contributed by atoms with Gasteiger partial charge >= 0.3 is 0 Å². The summed E-state index contributed by atoms with van der Waals surface area (Å²) in [6.07, 6.45) is 4.50. The Kier molecular flexibility index (Phi) is 6.09. The van der Waals surface area contributed by atoms with Crippen LogP contribution in [0.25, 0.3) is 0 Å². The van der Waals surface area contributed by atoms with Crippen molar-refractivity contribution >= 4 is 11.7 Å². The number of ether oxygens (including phenoxy) is 1. The molecule has 7 heteroatoms. The summed E-state index contributed by atoms with van der Waals surface area (Å²) < 4.78 is 5.56. The highest BCUT2D eigenvalue weighted by atomic mass is 16.5. The molecule has 2 atom stereocenters. The SMILES string of the molecule is Cc1nc(C(=O)N(C)C)nc(N2CC[C@@H](NC3CCCOCC3)C2)c1C. The molecule has 1 aromatic rings. The molecular weight excluding hydrogens is 330 g/mol. The summed E-state index contributed by atoms with van der Waals surface area (Å²) in [5.41, 5.74) is 1.93. The lowest BCUT2D eigenvalue weighted by Gasteiger charge is -2.24. The highest BCUT2D eigenvalue weighted by Crippen LogP contribution is 2.25. The molecule has 144 valence electrons. The summed E-state index contributed by atoms with van der Waals surface area (Å²) in [4.78, 5) is 25.1. The van der Waals surface area contributed by atoms with Crippen LogP contribution in [-0.4, -0.2) is 73.3 Å². The largest absolute Gasteiger partial charge is 0.381 e. The van der Waals surface area contributed by atoms with Crippen LogP contribution in [0.15, 0.2) is 0 Å². The van der Waals surface area contributed by atoms with Crippen LogP contribution in [-0.2, 0) is 4.74 Å². The second kappa shape index (κ2) is 8.31. The molecule has 0 aromatic carbocycles. The fourth-order valence-electron chi connectivity index (χ4n) is 3.71. The third kappa shape index (κ3) is 4.32. The summed E-state index contributed by atoms with van der Waals surface area (Å²) >= 11 is 0. The lowest BCUT2D eigenvalue weighted by molar-refractivity contribution is 0.0815. The highest BCUT2D eigenvalue weighted by molar-refractivity contribution is 5.90. The molecule has 2 aliphatic heterocycles. The monoisotopic (exact) mass is 361 g/mol. The third-order valence-corrected chi connectivity index (χ3v) is 5.37. The Bertz CT molecular complexity index is 641.